The van der Waals surface area contributed by atoms with Crippen LogP contribution in [0.15, 0.2) is 34.8 Å². The van der Waals surface area contributed by atoms with Crippen LogP contribution in [0.5, 0.6) is 0 Å². The van der Waals surface area contributed by atoms with Gasteiger partial charge in [-0.05, 0) is 41.1 Å². The molecule has 7 heteroatoms. The Balaban J connectivity index is 1.82. The molecule has 0 aliphatic rings. The number of thiophene rings is 1. The molecule has 0 unspecified atom stereocenters. The maximum absolute atomic E-state index is 6.06. The Bertz CT molecular complexity index is 748. The molecule has 0 aliphatic carbocycles. The summed E-state index contributed by atoms with van der Waals surface area (Å²) >= 11 is 11.0. The van der Waals surface area contributed by atoms with E-state index in [-0.39, 0.29) is 0 Å². The Morgan fingerprint density at radius 1 is 1.38 bits per heavy atom. The number of aryl methyl sites for hydroxylation is 1. The minimum absolute atomic E-state index is 0.695. The van der Waals surface area contributed by atoms with Gasteiger partial charge in [-0.15, -0.1) is 11.3 Å². The molecule has 0 saturated carbocycles. The first-order chi connectivity index (χ1) is 10.1. The number of aromatic nitrogens is 3. The van der Waals surface area contributed by atoms with E-state index in [1.54, 1.807) is 11.3 Å². The predicted octanol–water partition coefficient (Wildman–Crippen LogP) is 4.87. The largest absolute Gasteiger partial charge is 0.380 e. The van der Waals surface area contributed by atoms with Gasteiger partial charge in [-0.3, -0.25) is 5.10 Å². The van der Waals surface area contributed by atoms with Gasteiger partial charge in [-0.1, -0.05) is 23.7 Å². The van der Waals surface area contributed by atoms with Crippen LogP contribution in [0.2, 0.25) is 4.34 Å². The highest BCUT2D eigenvalue weighted by atomic mass is 79.9. The fourth-order valence-electron chi connectivity index (χ4n) is 1.96. The zero-order chi connectivity index (χ0) is 14.8. The molecule has 3 rings (SSSR count). The van der Waals surface area contributed by atoms with Gasteiger partial charge >= 0.3 is 0 Å². The number of nitrogens with one attached hydrogen (secondary N) is 2. The lowest BCUT2D eigenvalue weighted by molar-refractivity contribution is 1.04. The minimum atomic E-state index is 0.695. The molecule has 0 radical (unpaired) electrons. The highest BCUT2D eigenvalue weighted by Gasteiger charge is 2.10. The van der Waals surface area contributed by atoms with Gasteiger partial charge in [0.1, 0.15) is 10.2 Å². The van der Waals surface area contributed by atoms with E-state index in [4.69, 9.17) is 11.6 Å². The third kappa shape index (κ3) is 3.28. The van der Waals surface area contributed by atoms with Crippen LogP contribution in [-0.4, -0.2) is 15.2 Å². The minimum Gasteiger partial charge on any atom is -0.380 e. The summed E-state index contributed by atoms with van der Waals surface area (Å²) in [6, 6.07) is 10.0. The zero-order valence-electron chi connectivity index (χ0n) is 11.2. The van der Waals surface area contributed by atoms with Gasteiger partial charge in [0.25, 0.3) is 0 Å². The molecule has 21 heavy (non-hydrogen) atoms. The van der Waals surface area contributed by atoms with Gasteiger partial charge in [0, 0.05) is 27.1 Å². The van der Waals surface area contributed by atoms with Crippen LogP contribution in [0.25, 0.3) is 11.4 Å². The highest BCUT2D eigenvalue weighted by Crippen LogP contribution is 2.33. The summed E-state index contributed by atoms with van der Waals surface area (Å²) in [7, 11) is 0. The molecular formula is C14H12BrClN4S. The van der Waals surface area contributed by atoms with Gasteiger partial charge < -0.3 is 5.32 Å². The smallest absolute Gasteiger partial charge is 0.183 e. The van der Waals surface area contributed by atoms with Crippen molar-refractivity contribution in [3.63, 3.8) is 0 Å². The standard InChI is InChI=1S/C14H12BrClN4S/c1-8-18-14(20-19-8)10-4-2-3-5-12(10)17-7-9-6-11(15)13(16)21-9/h2-6,17H,7H2,1H3,(H,18,19,20). The average molecular weight is 384 g/mol. The second kappa shape index (κ2) is 6.17. The predicted molar refractivity (Wildman–Crippen MR) is 90.9 cm³/mol. The molecule has 3 aromatic rings. The number of hydrogen-bond acceptors (Lipinski definition) is 4. The third-order valence-corrected chi connectivity index (χ3v) is 5.39. The van der Waals surface area contributed by atoms with Crippen molar-refractivity contribution in [3.8, 4) is 11.4 Å². The Labute approximate surface area is 139 Å². The molecule has 108 valence electrons. The van der Waals surface area contributed by atoms with Crippen molar-refractivity contribution >= 4 is 44.6 Å². The van der Waals surface area contributed by atoms with Crippen molar-refractivity contribution in [1.82, 2.24) is 15.2 Å². The summed E-state index contributed by atoms with van der Waals surface area (Å²) in [6.45, 7) is 2.59. The second-order valence-electron chi connectivity index (χ2n) is 4.48. The maximum Gasteiger partial charge on any atom is 0.183 e. The molecule has 1 aromatic carbocycles. The van der Waals surface area contributed by atoms with Gasteiger partial charge in [-0.25, -0.2) is 4.98 Å². The van der Waals surface area contributed by atoms with Crippen molar-refractivity contribution in [3.05, 3.63) is 49.8 Å². The lowest BCUT2D eigenvalue weighted by atomic mass is 10.1. The molecule has 4 nitrogen and oxygen atoms in total. The van der Waals surface area contributed by atoms with E-state index < -0.39 is 0 Å². The first-order valence-corrected chi connectivity index (χ1v) is 8.28. The quantitative estimate of drug-likeness (QED) is 0.676. The molecule has 0 amide bonds. The summed E-state index contributed by atoms with van der Waals surface area (Å²) in [5.74, 6) is 1.50. The summed E-state index contributed by atoms with van der Waals surface area (Å²) in [5.41, 5.74) is 1.97. The van der Waals surface area contributed by atoms with E-state index in [2.05, 4.69) is 36.4 Å². The molecule has 0 saturated heterocycles. The van der Waals surface area contributed by atoms with Crippen molar-refractivity contribution in [2.45, 2.75) is 13.5 Å². The van der Waals surface area contributed by atoms with Crippen molar-refractivity contribution in [2.75, 3.05) is 5.32 Å². The van der Waals surface area contributed by atoms with Crippen molar-refractivity contribution in [1.29, 1.82) is 0 Å². The fourth-order valence-corrected chi connectivity index (χ4v) is 3.69. The number of aromatic amines is 1. The van der Waals surface area contributed by atoms with Crippen LogP contribution in [0, 0.1) is 6.92 Å². The Morgan fingerprint density at radius 3 is 2.86 bits per heavy atom. The van der Waals surface area contributed by atoms with Gasteiger partial charge in [0.15, 0.2) is 5.82 Å². The number of para-hydroxylation sites is 1. The Morgan fingerprint density at radius 2 is 2.19 bits per heavy atom. The molecule has 0 atom stereocenters. The van der Waals surface area contributed by atoms with Crippen LogP contribution in [0.3, 0.4) is 0 Å². The van der Waals surface area contributed by atoms with Crippen molar-refractivity contribution < 1.29 is 0 Å². The first-order valence-electron chi connectivity index (χ1n) is 6.29. The molecule has 0 fully saturated rings. The van der Waals surface area contributed by atoms with E-state index in [9.17, 15) is 0 Å². The van der Waals surface area contributed by atoms with E-state index >= 15 is 0 Å². The number of halogens is 2. The highest BCUT2D eigenvalue weighted by molar-refractivity contribution is 9.10. The summed E-state index contributed by atoms with van der Waals surface area (Å²) in [4.78, 5) is 5.54. The van der Waals surface area contributed by atoms with Crippen LogP contribution >= 0.6 is 38.9 Å². The van der Waals surface area contributed by atoms with E-state index in [1.165, 1.54) is 0 Å². The number of nitrogens with zero attached hydrogens (tertiary/aromatic N) is 2. The average Bonchev–Trinajstić information content (AvgIpc) is 3.04. The van der Waals surface area contributed by atoms with Crippen LogP contribution in [0.1, 0.15) is 10.7 Å². The molecule has 0 bridgehead atoms. The lowest BCUT2D eigenvalue weighted by Gasteiger charge is -2.08. The summed E-state index contributed by atoms with van der Waals surface area (Å²) in [5, 5.41) is 10.5. The first kappa shape index (κ1) is 14.6. The normalized spacial score (nSPS) is 10.8. The van der Waals surface area contributed by atoms with Crippen LogP contribution in [-0.2, 0) is 6.54 Å². The van der Waals surface area contributed by atoms with Crippen LogP contribution < -0.4 is 5.32 Å². The fraction of sp³-hybridized carbons (Fsp3) is 0.143. The third-order valence-electron chi connectivity index (χ3n) is 2.91. The lowest BCUT2D eigenvalue weighted by Crippen LogP contribution is -1.99. The number of anilines is 1. The molecular weight excluding hydrogens is 372 g/mol. The summed E-state index contributed by atoms with van der Waals surface area (Å²) < 4.78 is 1.70. The summed E-state index contributed by atoms with van der Waals surface area (Å²) in [6.07, 6.45) is 0. The Kier molecular flexibility index (Phi) is 4.28. The zero-order valence-corrected chi connectivity index (χ0v) is 14.3. The molecule has 2 heterocycles. The molecule has 2 aromatic heterocycles. The topological polar surface area (TPSA) is 53.6 Å². The van der Waals surface area contributed by atoms with Gasteiger partial charge in [0.2, 0.25) is 0 Å². The Hall–Kier alpha value is -1.37. The van der Waals surface area contributed by atoms with E-state index in [0.717, 1.165) is 30.8 Å². The number of hydrogen-bond donors (Lipinski definition) is 2. The monoisotopic (exact) mass is 382 g/mol. The number of H-pyrrole nitrogens is 1. The van der Waals surface area contributed by atoms with Gasteiger partial charge in [-0.2, -0.15) is 5.10 Å². The van der Waals surface area contributed by atoms with E-state index in [1.807, 2.05) is 37.3 Å². The van der Waals surface area contributed by atoms with Gasteiger partial charge in [0.05, 0.1) is 0 Å². The number of benzene rings is 1. The number of rotatable bonds is 4. The van der Waals surface area contributed by atoms with E-state index in [0.29, 0.717) is 12.4 Å². The molecule has 0 aliphatic heterocycles. The SMILES string of the molecule is Cc1nc(-c2ccccc2NCc2cc(Br)c(Cl)s2)n[nH]1. The maximum atomic E-state index is 6.06. The van der Waals surface area contributed by atoms with Crippen LogP contribution in [0.4, 0.5) is 5.69 Å². The molecule has 0 spiro atoms. The molecule has 2 N–H and O–H groups in total. The van der Waals surface area contributed by atoms with Crippen molar-refractivity contribution in [2.24, 2.45) is 0 Å². The second-order valence-corrected chi connectivity index (χ2v) is 7.07.